The number of rotatable bonds is 3. The van der Waals surface area contributed by atoms with Gasteiger partial charge in [-0.25, -0.2) is 0 Å². The van der Waals surface area contributed by atoms with E-state index in [-0.39, 0.29) is 5.91 Å². The number of benzene rings is 1. The Balaban J connectivity index is 2.35. The smallest absolute Gasteiger partial charge is 0.216 e. The maximum absolute atomic E-state index is 10.8. The standard InChI is InChI=1S/C13H14N3OP/c1-8(17)15-5-4-10-7-16-13-9(6-14)2-3-11(18)12(10)13/h2-3,7,16H,4-5,18H2,1H3,(H,15,17). The summed E-state index contributed by atoms with van der Waals surface area (Å²) in [4.78, 5) is 14.0. The fourth-order valence-corrected chi connectivity index (χ4v) is 2.44. The van der Waals surface area contributed by atoms with E-state index in [2.05, 4.69) is 25.6 Å². The van der Waals surface area contributed by atoms with Crippen LogP contribution in [0.3, 0.4) is 0 Å². The van der Waals surface area contributed by atoms with Crippen molar-refractivity contribution >= 4 is 31.4 Å². The third-order valence-corrected chi connectivity index (χ3v) is 3.32. The Labute approximate surface area is 108 Å². The Kier molecular flexibility index (Phi) is 3.64. The second-order valence-corrected chi connectivity index (χ2v) is 4.73. The largest absolute Gasteiger partial charge is 0.360 e. The molecule has 5 heteroatoms. The van der Waals surface area contributed by atoms with E-state index in [9.17, 15) is 4.79 Å². The monoisotopic (exact) mass is 259 g/mol. The van der Waals surface area contributed by atoms with Crippen molar-refractivity contribution in [1.82, 2.24) is 10.3 Å². The van der Waals surface area contributed by atoms with Gasteiger partial charge in [-0.15, -0.1) is 9.24 Å². The molecule has 0 aliphatic carbocycles. The molecule has 0 spiro atoms. The summed E-state index contributed by atoms with van der Waals surface area (Å²) in [6.45, 7) is 2.10. The van der Waals surface area contributed by atoms with Gasteiger partial charge in [-0.2, -0.15) is 5.26 Å². The van der Waals surface area contributed by atoms with E-state index >= 15 is 0 Å². The zero-order valence-corrected chi connectivity index (χ0v) is 11.2. The van der Waals surface area contributed by atoms with Crippen molar-refractivity contribution in [1.29, 1.82) is 5.26 Å². The first-order chi connectivity index (χ1) is 8.63. The summed E-state index contributed by atoms with van der Waals surface area (Å²) in [7, 11) is 2.68. The van der Waals surface area contributed by atoms with Gasteiger partial charge in [0.05, 0.1) is 11.1 Å². The van der Waals surface area contributed by atoms with Gasteiger partial charge in [-0.3, -0.25) is 4.79 Å². The molecule has 0 saturated heterocycles. The maximum Gasteiger partial charge on any atom is 0.216 e. The molecule has 18 heavy (non-hydrogen) atoms. The Hall–Kier alpha value is -1.85. The average Bonchev–Trinajstić information content (AvgIpc) is 2.74. The Morgan fingerprint density at radius 2 is 2.33 bits per heavy atom. The van der Waals surface area contributed by atoms with Gasteiger partial charge in [0.25, 0.3) is 0 Å². The molecule has 2 rings (SSSR count). The van der Waals surface area contributed by atoms with Crippen LogP contribution in [0.5, 0.6) is 0 Å². The molecule has 1 aromatic carbocycles. The highest BCUT2D eigenvalue weighted by Gasteiger charge is 2.10. The SMILES string of the molecule is CC(=O)NCCc1c[nH]c2c(C#N)ccc(P)c12. The second-order valence-electron chi connectivity index (χ2n) is 4.11. The fourth-order valence-electron chi connectivity index (χ4n) is 2.01. The van der Waals surface area contributed by atoms with E-state index in [0.29, 0.717) is 12.1 Å². The zero-order valence-electron chi connectivity index (χ0n) is 10.1. The lowest BCUT2D eigenvalue weighted by atomic mass is 10.1. The first kappa shape index (κ1) is 12.6. The fraction of sp³-hybridized carbons (Fsp3) is 0.231. The molecule has 0 bridgehead atoms. The molecule has 2 N–H and O–H groups in total. The van der Waals surface area contributed by atoms with Crippen LogP contribution in [0, 0.1) is 11.3 Å². The number of hydrogen-bond donors (Lipinski definition) is 2. The molecule has 0 saturated carbocycles. The second kappa shape index (κ2) is 5.20. The molecule has 1 atom stereocenters. The number of nitrogens with one attached hydrogen (secondary N) is 2. The number of hydrogen-bond acceptors (Lipinski definition) is 2. The van der Waals surface area contributed by atoms with Crippen molar-refractivity contribution in [2.45, 2.75) is 13.3 Å². The Morgan fingerprint density at radius 1 is 1.56 bits per heavy atom. The van der Waals surface area contributed by atoms with Crippen LogP contribution in [0.15, 0.2) is 18.3 Å². The summed E-state index contributed by atoms with van der Waals surface area (Å²) < 4.78 is 0. The first-order valence-corrected chi connectivity index (χ1v) is 6.24. The van der Waals surface area contributed by atoms with Crippen LogP contribution in [-0.4, -0.2) is 17.4 Å². The van der Waals surface area contributed by atoms with Crippen LogP contribution in [0.25, 0.3) is 10.9 Å². The van der Waals surface area contributed by atoms with Gasteiger partial charge in [-0.1, -0.05) is 6.07 Å². The number of carbonyl (C=O) groups excluding carboxylic acids is 1. The van der Waals surface area contributed by atoms with Gasteiger partial charge in [0, 0.05) is 25.1 Å². The van der Waals surface area contributed by atoms with E-state index in [4.69, 9.17) is 5.26 Å². The molecule has 1 heterocycles. The molecule has 1 unspecified atom stereocenters. The van der Waals surface area contributed by atoms with Crippen LogP contribution in [0.2, 0.25) is 0 Å². The lowest BCUT2D eigenvalue weighted by Crippen LogP contribution is -2.22. The van der Waals surface area contributed by atoms with Crippen LogP contribution in [0.4, 0.5) is 0 Å². The van der Waals surface area contributed by atoms with E-state index in [1.807, 2.05) is 12.3 Å². The predicted molar refractivity (Wildman–Crippen MR) is 74.7 cm³/mol. The van der Waals surface area contributed by atoms with Crippen molar-refractivity contribution in [3.63, 3.8) is 0 Å². The topological polar surface area (TPSA) is 68.7 Å². The van der Waals surface area contributed by atoms with Crippen LogP contribution < -0.4 is 10.6 Å². The molecule has 0 aliphatic heterocycles. The highest BCUT2D eigenvalue weighted by Crippen LogP contribution is 2.21. The molecule has 2 aromatic rings. The maximum atomic E-state index is 10.8. The van der Waals surface area contributed by atoms with Gasteiger partial charge in [-0.05, 0) is 23.4 Å². The average molecular weight is 259 g/mol. The van der Waals surface area contributed by atoms with Crippen LogP contribution >= 0.6 is 9.24 Å². The third-order valence-electron chi connectivity index (χ3n) is 2.84. The van der Waals surface area contributed by atoms with E-state index in [1.165, 1.54) is 6.92 Å². The summed E-state index contributed by atoms with van der Waals surface area (Å²) in [6.07, 6.45) is 2.65. The van der Waals surface area contributed by atoms with Gasteiger partial charge in [0.1, 0.15) is 6.07 Å². The number of amides is 1. The molecule has 0 fully saturated rings. The lowest BCUT2D eigenvalue weighted by Gasteiger charge is -2.03. The quantitative estimate of drug-likeness (QED) is 0.814. The number of carbonyl (C=O) groups is 1. The molecular weight excluding hydrogens is 245 g/mol. The van der Waals surface area contributed by atoms with E-state index in [0.717, 1.165) is 28.2 Å². The van der Waals surface area contributed by atoms with E-state index < -0.39 is 0 Å². The number of nitriles is 1. The predicted octanol–water partition coefficient (Wildman–Crippen LogP) is 1.22. The molecule has 1 amide bonds. The summed E-state index contributed by atoms with van der Waals surface area (Å²) in [6, 6.07) is 5.90. The summed E-state index contributed by atoms with van der Waals surface area (Å²) in [5.74, 6) is -0.0290. The molecule has 0 radical (unpaired) electrons. The highest BCUT2D eigenvalue weighted by molar-refractivity contribution is 7.28. The molecule has 1 aromatic heterocycles. The highest BCUT2D eigenvalue weighted by atomic mass is 31.0. The summed E-state index contributed by atoms with van der Waals surface area (Å²) in [5.41, 5.74) is 2.62. The Morgan fingerprint density at radius 3 is 3.00 bits per heavy atom. The summed E-state index contributed by atoms with van der Waals surface area (Å²) in [5, 5.41) is 13.9. The van der Waals surface area contributed by atoms with Crippen LogP contribution in [0.1, 0.15) is 18.1 Å². The Bertz CT molecular complexity index is 639. The first-order valence-electron chi connectivity index (χ1n) is 5.66. The van der Waals surface area contributed by atoms with Crippen molar-refractivity contribution in [3.05, 3.63) is 29.5 Å². The normalized spacial score (nSPS) is 10.3. The minimum atomic E-state index is -0.0290. The van der Waals surface area contributed by atoms with Crippen molar-refractivity contribution in [3.8, 4) is 6.07 Å². The zero-order chi connectivity index (χ0) is 13.1. The number of nitrogens with zero attached hydrogens (tertiary/aromatic N) is 1. The molecule has 4 nitrogen and oxygen atoms in total. The van der Waals surface area contributed by atoms with Crippen molar-refractivity contribution in [2.24, 2.45) is 0 Å². The minimum absolute atomic E-state index is 0.0290. The summed E-state index contributed by atoms with van der Waals surface area (Å²) >= 11 is 0. The van der Waals surface area contributed by atoms with Crippen molar-refractivity contribution in [2.75, 3.05) is 6.54 Å². The van der Waals surface area contributed by atoms with Gasteiger partial charge >= 0.3 is 0 Å². The van der Waals surface area contributed by atoms with Gasteiger partial charge < -0.3 is 10.3 Å². The number of fused-ring (bicyclic) bond motifs is 1. The van der Waals surface area contributed by atoms with Gasteiger partial charge in [0.15, 0.2) is 0 Å². The van der Waals surface area contributed by atoms with Gasteiger partial charge in [0.2, 0.25) is 5.91 Å². The number of aromatic amines is 1. The molecule has 0 aliphatic rings. The lowest BCUT2D eigenvalue weighted by molar-refractivity contribution is -0.118. The number of aromatic nitrogens is 1. The minimum Gasteiger partial charge on any atom is -0.360 e. The number of H-pyrrole nitrogens is 1. The third kappa shape index (κ3) is 2.37. The van der Waals surface area contributed by atoms with Crippen molar-refractivity contribution < 1.29 is 4.79 Å². The van der Waals surface area contributed by atoms with E-state index in [1.54, 1.807) is 6.07 Å². The molecular formula is C13H14N3OP. The molecule has 92 valence electrons. The van der Waals surface area contributed by atoms with Crippen LogP contribution in [-0.2, 0) is 11.2 Å².